The van der Waals surface area contributed by atoms with Crippen LogP contribution in [0, 0.1) is 0 Å². The summed E-state index contributed by atoms with van der Waals surface area (Å²) in [5.41, 5.74) is 0. The van der Waals surface area contributed by atoms with E-state index in [0.717, 1.165) is 25.7 Å². The van der Waals surface area contributed by atoms with Crippen LogP contribution in [0.25, 0.3) is 0 Å². The maximum Gasteiger partial charge on any atom is 0.289 e. The van der Waals surface area contributed by atoms with Crippen molar-refractivity contribution in [3.63, 3.8) is 0 Å². The van der Waals surface area contributed by atoms with Gasteiger partial charge >= 0.3 is 0 Å². The van der Waals surface area contributed by atoms with Gasteiger partial charge in [0.05, 0.1) is 6.26 Å². The molecule has 0 bridgehead atoms. The summed E-state index contributed by atoms with van der Waals surface area (Å²) in [5, 5.41) is 3.05. The van der Waals surface area contributed by atoms with E-state index in [1.54, 1.807) is 17.0 Å². The summed E-state index contributed by atoms with van der Waals surface area (Å²) in [5.74, 6) is 0.448. The third-order valence-electron chi connectivity index (χ3n) is 3.64. The first-order chi connectivity index (χ1) is 9.70. The molecule has 1 fully saturated rings. The molecule has 0 atom stereocenters. The molecule has 1 aliphatic rings. The van der Waals surface area contributed by atoms with Crippen LogP contribution in [0.5, 0.6) is 0 Å². The molecule has 1 aromatic rings. The second-order valence-corrected chi connectivity index (χ2v) is 5.21. The Balaban J connectivity index is 1.75. The fourth-order valence-corrected chi connectivity index (χ4v) is 2.42. The average molecular weight is 278 g/mol. The van der Waals surface area contributed by atoms with Crippen molar-refractivity contribution in [1.29, 1.82) is 0 Å². The minimum Gasteiger partial charge on any atom is -0.459 e. The molecule has 5 heteroatoms. The number of rotatable bonds is 5. The lowest BCUT2D eigenvalue weighted by Crippen LogP contribution is -2.46. The van der Waals surface area contributed by atoms with Crippen LogP contribution in [0.15, 0.2) is 22.8 Å². The molecule has 1 aromatic heterocycles. The topological polar surface area (TPSA) is 62.6 Å². The summed E-state index contributed by atoms with van der Waals surface area (Å²) in [6.45, 7) is 3.41. The fourth-order valence-electron chi connectivity index (χ4n) is 2.42. The van der Waals surface area contributed by atoms with E-state index < -0.39 is 0 Å². The Morgan fingerprint density at radius 2 is 2.15 bits per heavy atom. The number of furan rings is 1. The van der Waals surface area contributed by atoms with Gasteiger partial charge in [0.25, 0.3) is 5.91 Å². The van der Waals surface area contributed by atoms with Crippen LogP contribution in [-0.4, -0.2) is 35.8 Å². The van der Waals surface area contributed by atoms with Gasteiger partial charge < -0.3 is 14.6 Å². The number of hydrogen-bond donors (Lipinski definition) is 1. The number of piperidine rings is 1. The number of amides is 2. The molecule has 1 saturated heterocycles. The Morgan fingerprint density at radius 1 is 1.40 bits per heavy atom. The standard InChI is InChI=1S/C15H22N2O3/c1-2-3-6-14(18)16-12-7-9-17(10-8-12)15(19)13-5-4-11-20-13/h4-5,11-12H,2-3,6-10H2,1H3,(H,16,18). The lowest BCUT2D eigenvalue weighted by atomic mass is 10.0. The average Bonchev–Trinajstić information content (AvgIpc) is 2.99. The van der Waals surface area contributed by atoms with Gasteiger partial charge in [-0.15, -0.1) is 0 Å². The van der Waals surface area contributed by atoms with Gasteiger partial charge in [-0.2, -0.15) is 0 Å². The molecule has 20 heavy (non-hydrogen) atoms. The molecule has 1 aliphatic heterocycles. The SMILES string of the molecule is CCCCC(=O)NC1CCN(C(=O)c2ccco2)CC1. The highest BCUT2D eigenvalue weighted by molar-refractivity contribution is 5.91. The zero-order valence-electron chi connectivity index (χ0n) is 11.9. The van der Waals surface area contributed by atoms with Gasteiger partial charge in [-0.1, -0.05) is 13.3 Å². The molecule has 1 N–H and O–H groups in total. The van der Waals surface area contributed by atoms with Crippen molar-refractivity contribution in [1.82, 2.24) is 10.2 Å². The summed E-state index contributed by atoms with van der Waals surface area (Å²) >= 11 is 0. The maximum absolute atomic E-state index is 12.1. The molecular weight excluding hydrogens is 256 g/mol. The molecule has 2 amide bonds. The Kier molecular flexibility index (Phi) is 5.21. The van der Waals surface area contributed by atoms with Crippen LogP contribution in [0.1, 0.15) is 49.6 Å². The Hall–Kier alpha value is -1.78. The van der Waals surface area contributed by atoms with Gasteiger partial charge in [-0.3, -0.25) is 9.59 Å². The van der Waals surface area contributed by atoms with Crippen LogP contribution in [0.2, 0.25) is 0 Å². The number of hydrogen-bond acceptors (Lipinski definition) is 3. The van der Waals surface area contributed by atoms with Gasteiger partial charge in [0.2, 0.25) is 5.91 Å². The summed E-state index contributed by atoms with van der Waals surface area (Å²) in [7, 11) is 0. The van der Waals surface area contributed by atoms with E-state index in [1.165, 1.54) is 6.26 Å². The predicted molar refractivity (Wildman–Crippen MR) is 75.3 cm³/mol. The van der Waals surface area contributed by atoms with Crippen molar-refractivity contribution < 1.29 is 14.0 Å². The summed E-state index contributed by atoms with van der Waals surface area (Å²) < 4.78 is 5.12. The first-order valence-corrected chi connectivity index (χ1v) is 7.33. The highest BCUT2D eigenvalue weighted by Crippen LogP contribution is 2.14. The molecule has 0 saturated carbocycles. The fraction of sp³-hybridized carbons (Fsp3) is 0.600. The van der Waals surface area contributed by atoms with Crippen LogP contribution in [0.4, 0.5) is 0 Å². The Morgan fingerprint density at radius 3 is 2.75 bits per heavy atom. The van der Waals surface area contributed by atoms with Gasteiger partial charge in [0.15, 0.2) is 5.76 Å². The zero-order chi connectivity index (χ0) is 14.4. The monoisotopic (exact) mass is 278 g/mol. The van der Waals surface area contributed by atoms with Gasteiger partial charge in [-0.05, 0) is 31.4 Å². The Labute approximate surface area is 119 Å². The molecule has 2 rings (SSSR count). The third kappa shape index (κ3) is 3.85. The van der Waals surface area contributed by atoms with Crippen molar-refractivity contribution in [3.8, 4) is 0 Å². The van der Waals surface area contributed by atoms with Crippen LogP contribution >= 0.6 is 0 Å². The lowest BCUT2D eigenvalue weighted by Gasteiger charge is -2.31. The summed E-state index contributed by atoms with van der Waals surface area (Å²) in [4.78, 5) is 25.5. The quantitative estimate of drug-likeness (QED) is 0.898. The van der Waals surface area contributed by atoms with E-state index in [4.69, 9.17) is 4.42 Å². The number of carbonyl (C=O) groups excluding carboxylic acids is 2. The minimum absolute atomic E-state index is 0.0641. The first-order valence-electron chi connectivity index (χ1n) is 7.33. The number of unbranched alkanes of at least 4 members (excludes halogenated alkanes) is 1. The van der Waals surface area contributed by atoms with Crippen molar-refractivity contribution in [3.05, 3.63) is 24.2 Å². The van der Waals surface area contributed by atoms with E-state index in [0.29, 0.717) is 25.3 Å². The molecule has 0 aromatic carbocycles. The van der Waals surface area contributed by atoms with E-state index >= 15 is 0 Å². The van der Waals surface area contributed by atoms with E-state index in [9.17, 15) is 9.59 Å². The number of nitrogens with one attached hydrogen (secondary N) is 1. The van der Waals surface area contributed by atoms with E-state index in [2.05, 4.69) is 12.2 Å². The molecule has 5 nitrogen and oxygen atoms in total. The molecule has 0 unspecified atom stereocenters. The smallest absolute Gasteiger partial charge is 0.289 e. The maximum atomic E-state index is 12.1. The number of likely N-dealkylation sites (tertiary alicyclic amines) is 1. The lowest BCUT2D eigenvalue weighted by molar-refractivity contribution is -0.122. The second-order valence-electron chi connectivity index (χ2n) is 5.21. The normalized spacial score (nSPS) is 16.1. The highest BCUT2D eigenvalue weighted by Gasteiger charge is 2.25. The Bertz CT molecular complexity index is 434. The summed E-state index contributed by atoms with van der Waals surface area (Å²) in [6, 6.07) is 3.59. The van der Waals surface area contributed by atoms with Crippen LogP contribution in [-0.2, 0) is 4.79 Å². The first kappa shape index (κ1) is 14.6. The van der Waals surface area contributed by atoms with Gasteiger partial charge in [-0.25, -0.2) is 0 Å². The molecule has 0 aliphatic carbocycles. The van der Waals surface area contributed by atoms with Crippen molar-refractivity contribution in [2.45, 2.75) is 45.1 Å². The summed E-state index contributed by atoms with van der Waals surface area (Å²) in [6.07, 6.45) is 5.69. The molecule has 110 valence electrons. The van der Waals surface area contributed by atoms with Gasteiger partial charge in [0, 0.05) is 25.6 Å². The third-order valence-corrected chi connectivity index (χ3v) is 3.64. The minimum atomic E-state index is -0.0641. The predicted octanol–water partition coefficient (Wildman–Crippen LogP) is 2.19. The highest BCUT2D eigenvalue weighted by atomic mass is 16.3. The van der Waals surface area contributed by atoms with E-state index in [-0.39, 0.29) is 17.9 Å². The largest absolute Gasteiger partial charge is 0.459 e. The van der Waals surface area contributed by atoms with Crippen molar-refractivity contribution in [2.24, 2.45) is 0 Å². The molecule has 0 spiro atoms. The number of nitrogens with zero attached hydrogens (tertiary/aromatic N) is 1. The van der Waals surface area contributed by atoms with Crippen molar-refractivity contribution >= 4 is 11.8 Å². The zero-order valence-corrected chi connectivity index (χ0v) is 11.9. The number of carbonyl (C=O) groups is 2. The van der Waals surface area contributed by atoms with Crippen LogP contribution < -0.4 is 5.32 Å². The van der Waals surface area contributed by atoms with Crippen LogP contribution in [0.3, 0.4) is 0 Å². The molecular formula is C15H22N2O3. The van der Waals surface area contributed by atoms with Crippen molar-refractivity contribution in [2.75, 3.05) is 13.1 Å². The molecule has 0 radical (unpaired) electrons. The van der Waals surface area contributed by atoms with E-state index in [1.807, 2.05) is 0 Å². The molecule has 2 heterocycles. The van der Waals surface area contributed by atoms with Gasteiger partial charge in [0.1, 0.15) is 0 Å². The second kappa shape index (κ2) is 7.12.